The molecule has 1 atom stereocenters. The third kappa shape index (κ3) is 4.37. The maximum absolute atomic E-state index is 12.6. The average molecular weight is 324 g/mol. The van der Waals surface area contributed by atoms with E-state index in [-0.39, 0.29) is 16.9 Å². The van der Waals surface area contributed by atoms with Gasteiger partial charge in [0.05, 0.1) is 11.0 Å². The summed E-state index contributed by atoms with van der Waals surface area (Å²) in [5, 5.41) is 6.72. The Bertz CT molecular complexity index is 436. The molecular formula is C17H32N4O2. The van der Waals surface area contributed by atoms with E-state index < -0.39 is 0 Å². The lowest BCUT2D eigenvalue weighted by Gasteiger charge is -2.32. The molecule has 0 aromatic rings. The number of rotatable bonds is 5. The molecule has 2 N–H and O–H groups in total. The molecule has 1 saturated carbocycles. The lowest BCUT2D eigenvalue weighted by atomic mass is 9.84. The van der Waals surface area contributed by atoms with Crippen LogP contribution in [0.4, 0.5) is 0 Å². The summed E-state index contributed by atoms with van der Waals surface area (Å²) < 4.78 is 5.80. The first kappa shape index (κ1) is 18.0. The fourth-order valence-electron chi connectivity index (χ4n) is 3.71. The number of carbonyl (C=O) groups is 1. The molecule has 0 bridgehead atoms. The van der Waals surface area contributed by atoms with Crippen LogP contribution in [0.25, 0.3) is 0 Å². The molecule has 2 aliphatic rings. The van der Waals surface area contributed by atoms with E-state index in [9.17, 15) is 4.79 Å². The van der Waals surface area contributed by atoms with E-state index in [0.717, 1.165) is 57.6 Å². The molecule has 0 radical (unpaired) electrons. The van der Waals surface area contributed by atoms with Crippen molar-refractivity contribution in [2.45, 2.75) is 51.0 Å². The number of nitrogens with one attached hydrogen (secondary N) is 2. The van der Waals surface area contributed by atoms with Gasteiger partial charge in [-0.2, -0.15) is 0 Å². The molecule has 1 aliphatic heterocycles. The molecule has 132 valence electrons. The zero-order chi connectivity index (χ0) is 16.9. The molecule has 0 aromatic carbocycles. The molecule has 2 rings (SSSR count). The zero-order valence-corrected chi connectivity index (χ0v) is 15.1. The second kappa shape index (κ2) is 7.51. The van der Waals surface area contributed by atoms with E-state index in [1.165, 1.54) is 0 Å². The van der Waals surface area contributed by atoms with E-state index in [4.69, 9.17) is 4.74 Å². The second-order valence-electron chi connectivity index (χ2n) is 7.37. The smallest absolute Gasteiger partial charge is 0.230 e. The molecule has 2 fully saturated rings. The highest BCUT2D eigenvalue weighted by Crippen LogP contribution is 2.38. The fourth-order valence-corrected chi connectivity index (χ4v) is 3.71. The van der Waals surface area contributed by atoms with E-state index in [2.05, 4.69) is 22.5 Å². The van der Waals surface area contributed by atoms with Crippen LogP contribution in [0, 0.1) is 5.41 Å². The van der Waals surface area contributed by atoms with Crippen LogP contribution in [-0.2, 0) is 9.53 Å². The number of ether oxygens (including phenoxy) is 1. The minimum Gasteiger partial charge on any atom is -0.373 e. The zero-order valence-electron chi connectivity index (χ0n) is 15.1. The molecule has 0 spiro atoms. The van der Waals surface area contributed by atoms with Crippen LogP contribution in [0.2, 0.25) is 0 Å². The van der Waals surface area contributed by atoms with Crippen molar-refractivity contribution < 1.29 is 9.53 Å². The minimum atomic E-state index is -0.283. The number of nitrogens with zero attached hydrogens (tertiary/aromatic N) is 2. The van der Waals surface area contributed by atoms with Crippen molar-refractivity contribution in [3.05, 3.63) is 0 Å². The first-order valence-corrected chi connectivity index (χ1v) is 8.71. The van der Waals surface area contributed by atoms with Crippen molar-refractivity contribution in [2.24, 2.45) is 10.4 Å². The van der Waals surface area contributed by atoms with Gasteiger partial charge in [0.1, 0.15) is 0 Å². The highest BCUT2D eigenvalue weighted by atomic mass is 16.5. The van der Waals surface area contributed by atoms with Crippen molar-refractivity contribution in [3.8, 4) is 0 Å². The maximum Gasteiger partial charge on any atom is 0.230 e. The van der Waals surface area contributed by atoms with Crippen molar-refractivity contribution in [2.75, 3.05) is 40.8 Å². The maximum atomic E-state index is 12.6. The van der Waals surface area contributed by atoms with E-state index in [1.807, 2.05) is 14.1 Å². The molecule has 6 heteroatoms. The van der Waals surface area contributed by atoms with Gasteiger partial charge in [0.2, 0.25) is 5.91 Å². The van der Waals surface area contributed by atoms with Crippen LogP contribution in [0.3, 0.4) is 0 Å². The molecule has 1 aliphatic carbocycles. The Morgan fingerprint density at radius 3 is 2.30 bits per heavy atom. The van der Waals surface area contributed by atoms with Gasteiger partial charge in [-0.25, -0.2) is 0 Å². The Hall–Kier alpha value is -1.30. The van der Waals surface area contributed by atoms with Crippen LogP contribution < -0.4 is 10.6 Å². The fraction of sp³-hybridized carbons (Fsp3) is 0.882. The quantitative estimate of drug-likeness (QED) is 0.592. The van der Waals surface area contributed by atoms with Gasteiger partial charge in [0.15, 0.2) is 5.96 Å². The summed E-state index contributed by atoms with van der Waals surface area (Å²) in [6.45, 7) is 4.35. The van der Waals surface area contributed by atoms with E-state index in [1.54, 1.807) is 11.9 Å². The minimum absolute atomic E-state index is 0.109. The summed E-state index contributed by atoms with van der Waals surface area (Å²) >= 11 is 0. The van der Waals surface area contributed by atoms with Gasteiger partial charge in [-0.15, -0.1) is 0 Å². The Kier molecular flexibility index (Phi) is 5.89. The van der Waals surface area contributed by atoms with E-state index >= 15 is 0 Å². The summed E-state index contributed by atoms with van der Waals surface area (Å²) in [5.74, 6) is 0.976. The van der Waals surface area contributed by atoms with Crippen LogP contribution in [-0.4, -0.2) is 63.2 Å². The lowest BCUT2D eigenvalue weighted by Crippen LogP contribution is -2.51. The number of hydrogen-bond donors (Lipinski definition) is 2. The predicted octanol–water partition coefficient (Wildman–Crippen LogP) is 1.37. The first-order valence-electron chi connectivity index (χ1n) is 8.71. The Morgan fingerprint density at radius 2 is 1.78 bits per heavy atom. The van der Waals surface area contributed by atoms with Gasteiger partial charge in [0.25, 0.3) is 0 Å². The number of hydrogen-bond acceptors (Lipinski definition) is 3. The average Bonchev–Trinajstić information content (AvgIpc) is 3.17. The van der Waals surface area contributed by atoms with Crippen molar-refractivity contribution in [3.63, 3.8) is 0 Å². The van der Waals surface area contributed by atoms with Crippen LogP contribution >= 0.6 is 0 Å². The Morgan fingerprint density at radius 1 is 1.13 bits per heavy atom. The summed E-state index contributed by atoms with van der Waals surface area (Å²) in [7, 11) is 5.45. The van der Waals surface area contributed by atoms with Gasteiger partial charge in [-0.3, -0.25) is 9.79 Å². The molecule has 1 amide bonds. The SMILES string of the molecule is CN=C(NCC1(C)CCCO1)NCC1(C(=O)N(C)C)CCCC1. The van der Waals surface area contributed by atoms with Gasteiger partial charge < -0.3 is 20.3 Å². The molecule has 1 saturated heterocycles. The van der Waals surface area contributed by atoms with E-state index in [0.29, 0.717) is 6.54 Å². The van der Waals surface area contributed by atoms with Gasteiger partial charge in [0, 0.05) is 40.8 Å². The number of carbonyl (C=O) groups excluding carboxylic acids is 1. The number of amides is 1. The first-order chi connectivity index (χ1) is 10.9. The van der Waals surface area contributed by atoms with Crippen molar-refractivity contribution >= 4 is 11.9 Å². The Balaban J connectivity index is 1.89. The standard InChI is InChI=1S/C17H32N4O2/c1-16(8-7-11-23-16)12-19-15(18-2)20-13-17(9-5-6-10-17)14(22)21(3)4/h5-13H2,1-4H3,(H2,18,19,20). The molecule has 6 nitrogen and oxygen atoms in total. The topological polar surface area (TPSA) is 66.0 Å². The van der Waals surface area contributed by atoms with Crippen LogP contribution in [0.1, 0.15) is 45.4 Å². The second-order valence-corrected chi connectivity index (χ2v) is 7.37. The summed E-state index contributed by atoms with van der Waals surface area (Å²) in [5.41, 5.74) is -0.392. The molecule has 1 unspecified atom stereocenters. The summed E-state index contributed by atoms with van der Waals surface area (Å²) in [6.07, 6.45) is 6.34. The van der Waals surface area contributed by atoms with Crippen molar-refractivity contribution in [1.82, 2.24) is 15.5 Å². The monoisotopic (exact) mass is 324 g/mol. The largest absolute Gasteiger partial charge is 0.373 e. The van der Waals surface area contributed by atoms with Crippen molar-refractivity contribution in [1.29, 1.82) is 0 Å². The predicted molar refractivity (Wildman–Crippen MR) is 92.6 cm³/mol. The number of guanidine groups is 1. The third-order valence-corrected chi connectivity index (χ3v) is 5.17. The highest BCUT2D eigenvalue weighted by Gasteiger charge is 2.42. The Labute approximate surface area is 140 Å². The summed E-state index contributed by atoms with van der Waals surface area (Å²) in [4.78, 5) is 18.6. The normalized spacial score (nSPS) is 27.0. The van der Waals surface area contributed by atoms with Crippen LogP contribution in [0.15, 0.2) is 4.99 Å². The van der Waals surface area contributed by atoms with Crippen LogP contribution in [0.5, 0.6) is 0 Å². The molecule has 1 heterocycles. The van der Waals surface area contributed by atoms with Gasteiger partial charge in [-0.1, -0.05) is 12.8 Å². The van der Waals surface area contributed by atoms with Gasteiger partial charge >= 0.3 is 0 Å². The molecule has 0 aromatic heterocycles. The lowest BCUT2D eigenvalue weighted by molar-refractivity contribution is -0.138. The molecular weight excluding hydrogens is 292 g/mol. The van der Waals surface area contributed by atoms with Gasteiger partial charge in [-0.05, 0) is 32.6 Å². The third-order valence-electron chi connectivity index (χ3n) is 5.17. The number of aliphatic imine (C=N–C) groups is 1. The highest BCUT2D eigenvalue weighted by molar-refractivity contribution is 5.85. The molecule has 23 heavy (non-hydrogen) atoms. The summed E-state index contributed by atoms with van der Waals surface area (Å²) in [6, 6.07) is 0.